The Morgan fingerprint density at radius 2 is 2.12 bits per heavy atom. The van der Waals surface area contributed by atoms with E-state index in [0.717, 1.165) is 24.6 Å². The molecule has 1 heterocycles. The maximum Gasteiger partial charge on any atom is 0.160 e. The van der Waals surface area contributed by atoms with Crippen molar-refractivity contribution in [1.82, 2.24) is 15.1 Å². The van der Waals surface area contributed by atoms with E-state index >= 15 is 0 Å². The zero-order valence-corrected chi connectivity index (χ0v) is 11.4. The summed E-state index contributed by atoms with van der Waals surface area (Å²) in [6, 6.07) is 0.342. The van der Waals surface area contributed by atoms with Gasteiger partial charge in [0.15, 0.2) is 5.75 Å². The van der Waals surface area contributed by atoms with Crippen molar-refractivity contribution in [2.24, 2.45) is 7.05 Å². The lowest BCUT2D eigenvalue weighted by Crippen LogP contribution is -2.34. The minimum atomic E-state index is 0.328. The molecule has 0 amide bonds. The molecule has 0 spiro atoms. The minimum Gasteiger partial charge on any atom is -0.493 e. The van der Waals surface area contributed by atoms with Gasteiger partial charge >= 0.3 is 0 Å². The number of ether oxygens (including phenoxy) is 2. The summed E-state index contributed by atoms with van der Waals surface area (Å²) in [5, 5.41) is 7.65. The topological polar surface area (TPSA) is 48.3 Å². The number of nitrogens with one attached hydrogen (secondary N) is 1. The number of rotatable bonds is 7. The first-order chi connectivity index (χ1) is 8.11. The lowest BCUT2D eigenvalue weighted by molar-refractivity contribution is 0.194. The first kappa shape index (κ1) is 14.0. The van der Waals surface area contributed by atoms with Crippen LogP contribution >= 0.6 is 0 Å². The normalized spacial score (nSPS) is 14.6. The van der Waals surface area contributed by atoms with Gasteiger partial charge in [0.25, 0.3) is 0 Å². The molecule has 0 bridgehead atoms. The molecule has 0 radical (unpaired) electrons. The third kappa shape index (κ3) is 3.44. The molecule has 0 saturated carbocycles. The lowest BCUT2D eigenvalue weighted by atomic mass is 9.99. The number of aryl methyl sites for hydroxylation is 1. The fraction of sp³-hybridized carbons (Fsp3) is 0.750. The van der Waals surface area contributed by atoms with E-state index < -0.39 is 0 Å². The van der Waals surface area contributed by atoms with Crippen LogP contribution in [-0.4, -0.2) is 43.2 Å². The van der Waals surface area contributed by atoms with Crippen LogP contribution in [0.4, 0.5) is 0 Å². The number of aromatic nitrogens is 2. The molecule has 1 N–H and O–H groups in total. The number of hydrogen-bond acceptors (Lipinski definition) is 4. The van der Waals surface area contributed by atoms with Gasteiger partial charge in [0, 0.05) is 32.7 Å². The summed E-state index contributed by atoms with van der Waals surface area (Å²) in [7, 11) is 5.33. The molecule has 5 heteroatoms. The van der Waals surface area contributed by atoms with Crippen LogP contribution in [0.25, 0.3) is 0 Å². The van der Waals surface area contributed by atoms with Crippen molar-refractivity contribution in [1.29, 1.82) is 0 Å². The summed E-state index contributed by atoms with van der Waals surface area (Å²) >= 11 is 0. The Morgan fingerprint density at radius 3 is 2.71 bits per heavy atom. The first-order valence-corrected chi connectivity index (χ1v) is 5.90. The third-order valence-electron chi connectivity index (χ3n) is 3.12. The molecular weight excluding hydrogens is 218 g/mol. The van der Waals surface area contributed by atoms with E-state index in [1.54, 1.807) is 20.4 Å². The highest BCUT2D eigenvalue weighted by molar-refractivity contribution is 5.29. The highest BCUT2D eigenvalue weighted by Crippen LogP contribution is 2.27. The molecule has 5 nitrogen and oxygen atoms in total. The van der Waals surface area contributed by atoms with Gasteiger partial charge in [0.05, 0.1) is 25.6 Å². The minimum absolute atomic E-state index is 0.328. The Hall–Kier alpha value is -1.07. The largest absolute Gasteiger partial charge is 0.493 e. The second-order valence-corrected chi connectivity index (χ2v) is 4.25. The van der Waals surface area contributed by atoms with Crippen LogP contribution in [0.15, 0.2) is 6.20 Å². The van der Waals surface area contributed by atoms with Gasteiger partial charge in [-0.3, -0.25) is 4.68 Å². The van der Waals surface area contributed by atoms with Crippen LogP contribution in [0.5, 0.6) is 5.75 Å². The van der Waals surface area contributed by atoms with E-state index in [2.05, 4.69) is 24.3 Å². The number of nitrogens with zero attached hydrogens (tertiary/aromatic N) is 2. The third-order valence-corrected chi connectivity index (χ3v) is 3.12. The zero-order chi connectivity index (χ0) is 12.8. The van der Waals surface area contributed by atoms with E-state index in [1.165, 1.54) is 0 Å². The highest BCUT2D eigenvalue weighted by atomic mass is 16.5. The van der Waals surface area contributed by atoms with Crippen molar-refractivity contribution >= 4 is 0 Å². The van der Waals surface area contributed by atoms with E-state index in [1.807, 2.05) is 11.7 Å². The molecular formula is C12H23N3O2. The molecule has 1 aromatic heterocycles. The molecule has 0 aliphatic heterocycles. The predicted octanol–water partition coefficient (Wildman–Crippen LogP) is 1.16. The van der Waals surface area contributed by atoms with Crippen LogP contribution in [0, 0.1) is 0 Å². The summed E-state index contributed by atoms with van der Waals surface area (Å²) in [6.07, 6.45) is 1.76. The Morgan fingerprint density at radius 1 is 1.41 bits per heavy atom. The van der Waals surface area contributed by atoms with Crippen molar-refractivity contribution in [3.05, 3.63) is 11.9 Å². The maximum absolute atomic E-state index is 5.33. The van der Waals surface area contributed by atoms with Crippen LogP contribution in [0.1, 0.15) is 25.5 Å². The predicted molar refractivity (Wildman–Crippen MR) is 67.5 cm³/mol. The van der Waals surface area contributed by atoms with Crippen LogP contribution in [-0.2, 0) is 11.8 Å². The maximum atomic E-state index is 5.33. The van der Waals surface area contributed by atoms with Gasteiger partial charge < -0.3 is 14.8 Å². The summed E-state index contributed by atoms with van der Waals surface area (Å²) < 4.78 is 12.2. The van der Waals surface area contributed by atoms with E-state index in [9.17, 15) is 0 Å². The highest BCUT2D eigenvalue weighted by Gasteiger charge is 2.21. The molecule has 0 saturated heterocycles. The Balaban J connectivity index is 2.67. The van der Waals surface area contributed by atoms with E-state index in [4.69, 9.17) is 9.47 Å². The summed E-state index contributed by atoms with van der Waals surface area (Å²) in [4.78, 5) is 0. The van der Waals surface area contributed by atoms with Crippen LogP contribution in [0.2, 0.25) is 0 Å². The van der Waals surface area contributed by atoms with Crippen molar-refractivity contribution < 1.29 is 9.47 Å². The molecule has 17 heavy (non-hydrogen) atoms. The zero-order valence-electron chi connectivity index (χ0n) is 11.4. The standard InChI is InChI=1S/C12H23N3O2/c1-9(10(2)13-6-7-16-4)12-11(17-5)8-14-15(12)3/h8-10,13H,6-7H2,1-5H3. The Bertz CT molecular complexity index is 338. The summed E-state index contributed by atoms with van der Waals surface area (Å²) in [5.41, 5.74) is 1.12. The van der Waals surface area contributed by atoms with Gasteiger partial charge in [0.2, 0.25) is 0 Å². The monoisotopic (exact) mass is 241 g/mol. The van der Waals surface area contributed by atoms with Crippen molar-refractivity contribution in [3.63, 3.8) is 0 Å². The molecule has 2 atom stereocenters. The SMILES string of the molecule is COCCNC(C)C(C)c1c(OC)cnn1C. The van der Waals surface area contributed by atoms with Gasteiger partial charge in [-0.15, -0.1) is 0 Å². The second-order valence-electron chi connectivity index (χ2n) is 4.25. The van der Waals surface area contributed by atoms with Gasteiger partial charge in [-0.2, -0.15) is 5.10 Å². The Kier molecular flexibility index (Phi) is 5.44. The van der Waals surface area contributed by atoms with Crippen molar-refractivity contribution in [2.75, 3.05) is 27.4 Å². The first-order valence-electron chi connectivity index (χ1n) is 5.90. The average Bonchev–Trinajstić information content (AvgIpc) is 2.69. The molecule has 1 aromatic rings. The fourth-order valence-corrected chi connectivity index (χ4v) is 1.91. The molecule has 0 aliphatic carbocycles. The molecule has 98 valence electrons. The van der Waals surface area contributed by atoms with Gasteiger partial charge in [-0.25, -0.2) is 0 Å². The van der Waals surface area contributed by atoms with Gasteiger partial charge in [-0.1, -0.05) is 6.92 Å². The average molecular weight is 241 g/mol. The van der Waals surface area contributed by atoms with Crippen molar-refractivity contribution in [3.8, 4) is 5.75 Å². The van der Waals surface area contributed by atoms with Crippen LogP contribution in [0.3, 0.4) is 0 Å². The molecule has 2 unspecified atom stereocenters. The lowest BCUT2D eigenvalue weighted by Gasteiger charge is -2.22. The van der Waals surface area contributed by atoms with Gasteiger partial charge in [0.1, 0.15) is 0 Å². The number of methoxy groups -OCH3 is 2. The second kappa shape index (κ2) is 6.61. The fourth-order valence-electron chi connectivity index (χ4n) is 1.91. The van der Waals surface area contributed by atoms with E-state index in [-0.39, 0.29) is 0 Å². The van der Waals surface area contributed by atoms with Gasteiger partial charge in [-0.05, 0) is 6.92 Å². The number of hydrogen-bond donors (Lipinski definition) is 1. The quantitative estimate of drug-likeness (QED) is 0.728. The molecule has 1 rings (SSSR count). The smallest absolute Gasteiger partial charge is 0.160 e. The summed E-state index contributed by atoms with van der Waals surface area (Å²) in [5.74, 6) is 1.18. The molecule has 0 aromatic carbocycles. The molecule has 0 aliphatic rings. The van der Waals surface area contributed by atoms with Crippen LogP contribution < -0.4 is 10.1 Å². The van der Waals surface area contributed by atoms with E-state index in [0.29, 0.717) is 12.0 Å². The Labute approximate surface area is 103 Å². The molecule has 0 fully saturated rings. The van der Waals surface area contributed by atoms with Crippen molar-refractivity contribution in [2.45, 2.75) is 25.8 Å². The summed E-state index contributed by atoms with van der Waals surface area (Å²) in [6.45, 7) is 5.90.